The van der Waals surface area contributed by atoms with Crippen LogP contribution in [-0.4, -0.2) is 32.9 Å². The molecule has 162 valence electrons. The lowest BCUT2D eigenvalue weighted by Gasteiger charge is -2.32. The number of allylic oxidation sites excluding steroid dienone is 3. The predicted molar refractivity (Wildman–Crippen MR) is 132 cm³/mol. The minimum absolute atomic E-state index is 0.141. The molecule has 5 rings (SSSR count). The second-order valence-corrected chi connectivity index (χ2v) is 8.78. The summed E-state index contributed by atoms with van der Waals surface area (Å²) in [4.78, 5) is 13.6. The monoisotopic (exact) mass is 442 g/mol. The van der Waals surface area contributed by atoms with Crippen molar-refractivity contribution in [2.75, 3.05) is 12.3 Å². The number of Topliss-reactive ketones (excluding diaryl/α,β-unsaturated/α-hetero) is 1. The Morgan fingerprint density at radius 1 is 1.00 bits per heavy atom. The quantitative estimate of drug-likeness (QED) is 0.359. The van der Waals surface area contributed by atoms with Crippen LogP contribution in [0, 0.1) is 6.92 Å². The number of aryl methyl sites for hydroxylation is 1. The zero-order chi connectivity index (χ0) is 22.6. The SMILES string of the molecule is CCn1c(C)c(C2=C([O-])C(=C3C(C)=[N+](CCCS)c4ccccc43)C2=O)c2ccccc21. The number of carbonyl (C=O) groups excluding carboxylic acids is 1. The van der Waals surface area contributed by atoms with Crippen LogP contribution in [0.2, 0.25) is 0 Å². The molecule has 2 aromatic carbocycles. The van der Waals surface area contributed by atoms with Crippen molar-refractivity contribution in [1.29, 1.82) is 0 Å². The molecule has 2 aliphatic rings. The van der Waals surface area contributed by atoms with Crippen LogP contribution >= 0.6 is 12.6 Å². The fourth-order valence-corrected chi connectivity index (χ4v) is 5.41. The molecule has 0 atom stereocenters. The van der Waals surface area contributed by atoms with E-state index in [0.29, 0.717) is 11.1 Å². The zero-order valence-corrected chi connectivity index (χ0v) is 19.5. The van der Waals surface area contributed by atoms with Gasteiger partial charge in [0.25, 0.3) is 0 Å². The smallest absolute Gasteiger partial charge is 0.213 e. The van der Waals surface area contributed by atoms with Gasteiger partial charge >= 0.3 is 0 Å². The molecule has 2 heterocycles. The molecule has 5 heteroatoms. The second kappa shape index (κ2) is 7.82. The third-order valence-electron chi connectivity index (χ3n) is 6.73. The molecule has 0 amide bonds. The molecule has 0 saturated heterocycles. The van der Waals surface area contributed by atoms with E-state index in [2.05, 4.69) is 34.8 Å². The molecule has 0 unspecified atom stereocenters. The number of carbonyl (C=O) groups is 1. The number of benzene rings is 2. The van der Waals surface area contributed by atoms with Gasteiger partial charge in [0.1, 0.15) is 6.54 Å². The summed E-state index contributed by atoms with van der Waals surface area (Å²) < 4.78 is 4.38. The van der Waals surface area contributed by atoms with Crippen LogP contribution < -0.4 is 5.11 Å². The highest BCUT2D eigenvalue weighted by molar-refractivity contribution is 7.80. The fraction of sp³-hybridized carbons (Fsp3) is 0.259. The van der Waals surface area contributed by atoms with Gasteiger partial charge in [-0.3, -0.25) is 4.79 Å². The first-order chi connectivity index (χ1) is 15.5. The molecular formula is C27H26N2O2S. The Hall–Kier alpha value is -3.05. The first-order valence-corrected chi connectivity index (χ1v) is 11.7. The highest BCUT2D eigenvalue weighted by Gasteiger charge is 2.40. The Balaban J connectivity index is 1.74. The van der Waals surface area contributed by atoms with Crippen LogP contribution in [0.5, 0.6) is 0 Å². The maximum absolute atomic E-state index is 13.6. The summed E-state index contributed by atoms with van der Waals surface area (Å²) in [5.74, 6) is 0.503. The highest BCUT2D eigenvalue weighted by Crippen LogP contribution is 2.46. The summed E-state index contributed by atoms with van der Waals surface area (Å²) in [6.45, 7) is 7.69. The predicted octanol–water partition coefficient (Wildman–Crippen LogP) is 4.52. The summed E-state index contributed by atoms with van der Waals surface area (Å²) in [6.07, 6.45) is 0.923. The van der Waals surface area contributed by atoms with Gasteiger partial charge < -0.3 is 9.67 Å². The fourth-order valence-electron chi connectivity index (χ4n) is 5.27. The molecule has 1 aliphatic heterocycles. The van der Waals surface area contributed by atoms with Gasteiger partial charge in [-0.2, -0.15) is 17.2 Å². The largest absolute Gasteiger partial charge is 0.871 e. The van der Waals surface area contributed by atoms with E-state index in [-0.39, 0.29) is 11.5 Å². The number of ketones is 1. The van der Waals surface area contributed by atoms with Crippen molar-refractivity contribution in [2.45, 2.75) is 33.7 Å². The number of nitrogens with zero attached hydrogens (tertiary/aromatic N) is 2. The van der Waals surface area contributed by atoms with E-state index in [4.69, 9.17) is 0 Å². The topological polar surface area (TPSA) is 48.1 Å². The Bertz CT molecular complexity index is 1390. The highest BCUT2D eigenvalue weighted by atomic mass is 32.1. The molecule has 4 nitrogen and oxygen atoms in total. The van der Waals surface area contributed by atoms with Gasteiger partial charge in [-0.15, -0.1) is 0 Å². The molecule has 0 bridgehead atoms. The van der Waals surface area contributed by atoms with E-state index < -0.39 is 0 Å². The summed E-state index contributed by atoms with van der Waals surface area (Å²) in [5.41, 5.74) is 7.25. The van der Waals surface area contributed by atoms with Crippen LogP contribution in [-0.2, 0) is 11.3 Å². The molecule has 1 aliphatic carbocycles. The van der Waals surface area contributed by atoms with E-state index in [1.54, 1.807) is 0 Å². The number of hydrogen-bond donors (Lipinski definition) is 1. The van der Waals surface area contributed by atoms with Gasteiger partial charge in [-0.1, -0.05) is 36.1 Å². The average Bonchev–Trinajstić information content (AvgIpc) is 3.23. The molecule has 3 aromatic rings. The van der Waals surface area contributed by atoms with Crippen molar-refractivity contribution in [1.82, 2.24) is 4.57 Å². The van der Waals surface area contributed by atoms with Crippen molar-refractivity contribution >= 4 is 51.9 Å². The zero-order valence-electron chi connectivity index (χ0n) is 18.6. The maximum Gasteiger partial charge on any atom is 0.213 e. The van der Waals surface area contributed by atoms with Crippen LogP contribution in [0.1, 0.15) is 37.1 Å². The van der Waals surface area contributed by atoms with Crippen LogP contribution in [0.15, 0.2) is 59.9 Å². The summed E-state index contributed by atoms with van der Waals surface area (Å²) in [6, 6.07) is 16.0. The normalized spacial score (nSPS) is 18.1. The Morgan fingerprint density at radius 3 is 2.44 bits per heavy atom. The molecule has 0 spiro atoms. The Morgan fingerprint density at radius 2 is 1.72 bits per heavy atom. The lowest BCUT2D eigenvalue weighted by atomic mass is 9.78. The average molecular weight is 443 g/mol. The molecule has 1 aromatic heterocycles. The summed E-state index contributed by atoms with van der Waals surface area (Å²) in [7, 11) is 0. The van der Waals surface area contributed by atoms with Gasteiger partial charge in [0.15, 0.2) is 11.5 Å². The van der Waals surface area contributed by atoms with E-state index in [0.717, 1.165) is 70.0 Å². The van der Waals surface area contributed by atoms with E-state index >= 15 is 0 Å². The number of para-hydroxylation sites is 2. The first kappa shape index (κ1) is 20.8. The number of fused-ring (bicyclic) bond motifs is 2. The van der Waals surface area contributed by atoms with Crippen molar-refractivity contribution in [3.63, 3.8) is 0 Å². The number of hydrogen-bond acceptors (Lipinski definition) is 3. The van der Waals surface area contributed by atoms with E-state index in [1.807, 2.05) is 56.3 Å². The third kappa shape index (κ3) is 2.77. The van der Waals surface area contributed by atoms with Gasteiger partial charge in [0.05, 0.1) is 11.1 Å². The van der Waals surface area contributed by atoms with Crippen molar-refractivity contribution < 1.29 is 14.5 Å². The number of aromatic nitrogens is 1. The standard InChI is InChI=1S/C27H26N2O2S/c1-4-28-16(2)22(18-10-5-7-12-20(18)28)24-26(30)25(27(24)31)23-17(3)29(14-9-15-32)21-13-8-6-11-19(21)23/h5-8,10-13H,4,9,14-15H2,1-3H3,(H-,30,31,32). The molecule has 0 saturated carbocycles. The Kier molecular flexibility index (Phi) is 5.09. The van der Waals surface area contributed by atoms with Crippen LogP contribution in [0.4, 0.5) is 5.69 Å². The van der Waals surface area contributed by atoms with Gasteiger partial charge in [0, 0.05) is 59.3 Å². The van der Waals surface area contributed by atoms with Crippen molar-refractivity contribution in [3.05, 3.63) is 76.7 Å². The lowest BCUT2D eigenvalue weighted by Crippen LogP contribution is -2.31. The minimum atomic E-state index is -0.141. The number of rotatable bonds is 5. The van der Waals surface area contributed by atoms with E-state index in [1.165, 1.54) is 0 Å². The van der Waals surface area contributed by atoms with Gasteiger partial charge in [-0.25, -0.2) is 0 Å². The third-order valence-corrected chi connectivity index (χ3v) is 7.04. The van der Waals surface area contributed by atoms with Gasteiger partial charge in [0.2, 0.25) is 5.69 Å². The molecular weight excluding hydrogens is 416 g/mol. The van der Waals surface area contributed by atoms with Crippen LogP contribution in [0.25, 0.3) is 22.0 Å². The summed E-state index contributed by atoms with van der Waals surface area (Å²) >= 11 is 4.35. The summed E-state index contributed by atoms with van der Waals surface area (Å²) in [5, 5.41) is 14.5. The number of thiol groups is 1. The second-order valence-electron chi connectivity index (χ2n) is 8.34. The first-order valence-electron chi connectivity index (χ1n) is 11.1. The molecule has 0 radical (unpaired) electrons. The molecule has 0 N–H and O–H groups in total. The molecule has 0 fully saturated rings. The van der Waals surface area contributed by atoms with Gasteiger partial charge in [-0.05, 0) is 31.7 Å². The van der Waals surface area contributed by atoms with Crippen molar-refractivity contribution in [3.8, 4) is 0 Å². The van der Waals surface area contributed by atoms with Crippen molar-refractivity contribution in [2.24, 2.45) is 0 Å². The lowest BCUT2D eigenvalue weighted by molar-refractivity contribution is -0.437. The molecule has 32 heavy (non-hydrogen) atoms. The Labute approximate surface area is 193 Å². The van der Waals surface area contributed by atoms with E-state index in [9.17, 15) is 9.90 Å². The minimum Gasteiger partial charge on any atom is -0.871 e. The van der Waals surface area contributed by atoms with Crippen LogP contribution in [0.3, 0.4) is 0 Å². The maximum atomic E-state index is 13.6.